The number of hydrogen-bond donors (Lipinski definition) is 0. The van der Waals surface area contributed by atoms with Crippen molar-refractivity contribution in [2.24, 2.45) is 0 Å². The average molecular weight is 405 g/mol. The van der Waals surface area contributed by atoms with Gasteiger partial charge in [0.1, 0.15) is 12.6 Å². The molecule has 4 rings (SSSR count). The number of nitrogens with zero attached hydrogens (tertiary/aromatic N) is 4. The van der Waals surface area contributed by atoms with Crippen molar-refractivity contribution >= 4 is 19.5 Å². The molecule has 2 aromatic rings. The number of ether oxygens (including phenoxy) is 2. The molecule has 2 aliphatic rings. The lowest BCUT2D eigenvalue weighted by Crippen LogP contribution is -2.50. The quantitative estimate of drug-likeness (QED) is 0.701. The normalized spacial score (nSPS) is 28.5. The van der Waals surface area contributed by atoms with Gasteiger partial charge in [-0.1, -0.05) is 20.8 Å². The van der Waals surface area contributed by atoms with E-state index in [1.165, 1.54) is 6.33 Å². The summed E-state index contributed by atoms with van der Waals surface area (Å²) < 4.78 is 20.9. The van der Waals surface area contributed by atoms with E-state index in [2.05, 4.69) is 48.8 Å². The van der Waals surface area contributed by atoms with Gasteiger partial charge in [0.2, 0.25) is 5.88 Å². The van der Waals surface area contributed by atoms with E-state index in [0.29, 0.717) is 11.4 Å². The molecule has 0 radical (unpaired) electrons. The van der Waals surface area contributed by atoms with Gasteiger partial charge < -0.3 is 13.9 Å². The summed E-state index contributed by atoms with van der Waals surface area (Å²) in [6.07, 6.45) is 8.67. The summed E-state index contributed by atoms with van der Waals surface area (Å²) in [6.45, 7) is 11.5. The van der Waals surface area contributed by atoms with Crippen molar-refractivity contribution in [1.82, 2.24) is 19.5 Å². The second-order valence-corrected chi connectivity index (χ2v) is 14.4. The zero-order valence-electron chi connectivity index (χ0n) is 17.9. The minimum Gasteiger partial charge on any atom is -0.479 e. The molecular weight excluding hydrogens is 372 g/mol. The highest BCUT2D eigenvalue weighted by molar-refractivity contribution is 6.74. The second-order valence-electron chi connectivity index (χ2n) is 9.64. The summed E-state index contributed by atoms with van der Waals surface area (Å²) in [7, 11) is -0.244. The van der Waals surface area contributed by atoms with Crippen molar-refractivity contribution < 1.29 is 13.9 Å². The molecule has 0 bridgehead atoms. The number of fused-ring (bicyclic) bond motifs is 1. The largest absolute Gasteiger partial charge is 0.479 e. The van der Waals surface area contributed by atoms with Crippen LogP contribution in [0.5, 0.6) is 5.88 Å². The summed E-state index contributed by atoms with van der Waals surface area (Å²) >= 11 is 0. The molecule has 0 aromatic carbocycles. The summed E-state index contributed by atoms with van der Waals surface area (Å²) in [5, 5.41) is 0.197. The van der Waals surface area contributed by atoms with Crippen molar-refractivity contribution in [1.29, 1.82) is 0 Å². The van der Waals surface area contributed by atoms with Crippen molar-refractivity contribution in [2.75, 3.05) is 7.11 Å². The van der Waals surface area contributed by atoms with Gasteiger partial charge in [0.25, 0.3) is 0 Å². The molecule has 0 amide bonds. The lowest BCUT2D eigenvalue weighted by Gasteiger charge is -2.42. The maximum absolute atomic E-state index is 6.83. The van der Waals surface area contributed by atoms with Crippen LogP contribution < -0.4 is 4.74 Å². The molecule has 1 spiro atoms. The van der Waals surface area contributed by atoms with E-state index in [0.717, 1.165) is 37.8 Å². The molecule has 3 atom stereocenters. The van der Waals surface area contributed by atoms with E-state index >= 15 is 0 Å². The summed E-state index contributed by atoms with van der Waals surface area (Å²) in [6, 6.07) is 0. The van der Waals surface area contributed by atoms with E-state index in [-0.39, 0.29) is 23.0 Å². The van der Waals surface area contributed by atoms with Crippen LogP contribution in [0.1, 0.15) is 59.1 Å². The molecule has 2 fully saturated rings. The monoisotopic (exact) mass is 404 g/mol. The molecule has 2 aromatic heterocycles. The van der Waals surface area contributed by atoms with Gasteiger partial charge in [-0.2, -0.15) is 4.98 Å². The van der Waals surface area contributed by atoms with Crippen molar-refractivity contribution in [3.05, 3.63) is 12.7 Å². The number of rotatable bonds is 4. The van der Waals surface area contributed by atoms with Crippen molar-refractivity contribution in [3.63, 3.8) is 0 Å². The Labute approximate surface area is 167 Å². The predicted molar refractivity (Wildman–Crippen MR) is 110 cm³/mol. The van der Waals surface area contributed by atoms with Crippen LogP contribution in [0.3, 0.4) is 0 Å². The van der Waals surface area contributed by atoms with Crippen molar-refractivity contribution in [3.8, 4) is 5.88 Å². The number of imidazole rings is 1. The molecule has 0 N–H and O–H groups in total. The average Bonchev–Trinajstić information content (AvgIpc) is 3.33. The predicted octanol–water partition coefficient (Wildman–Crippen LogP) is 4.46. The smallest absolute Gasteiger partial charge is 0.245 e. The van der Waals surface area contributed by atoms with Crippen LogP contribution in [-0.4, -0.2) is 46.7 Å². The molecule has 28 heavy (non-hydrogen) atoms. The molecule has 8 heteroatoms. The number of hydrogen-bond acceptors (Lipinski definition) is 6. The van der Waals surface area contributed by atoms with Gasteiger partial charge in [-0.05, 0) is 50.2 Å². The third-order valence-corrected chi connectivity index (χ3v) is 11.4. The van der Waals surface area contributed by atoms with Crippen LogP contribution in [0.4, 0.5) is 0 Å². The van der Waals surface area contributed by atoms with Gasteiger partial charge in [-0.25, -0.2) is 9.97 Å². The zero-order chi connectivity index (χ0) is 20.2. The van der Waals surface area contributed by atoms with Crippen LogP contribution in [0, 0.1) is 0 Å². The number of aromatic nitrogens is 4. The van der Waals surface area contributed by atoms with Gasteiger partial charge in [0.05, 0.1) is 25.1 Å². The lowest BCUT2D eigenvalue weighted by molar-refractivity contribution is -0.115. The van der Waals surface area contributed by atoms with Gasteiger partial charge in [-0.3, -0.25) is 4.57 Å². The molecule has 1 saturated heterocycles. The maximum atomic E-state index is 6.83. The van der Waals surface area contributed by atoms with Crippen LogP contribution >= 0.6 is 0 Å². The minimum absolute atomic E-state index is 0.0757. The van der Waals surface area contributed by atoms with E-state index < -0.39 is 8.32 Å². The van der Waals surface area contributed by atoms with E-state index in [9.17, 15) is 0 Å². The summed E-state index contributed by atoms with van der Waals surface area (Å²) in [5.41, 5.74) is 1.25. The third kappa shape index (κ3) is 3.15. The lowest BCUT2D eigenvalue weighted by atomic mass is 9.96. The molecule has 1 aliphatic carbocycles. The van der Waals surface area contributed by atoms with E-state index in [4.69, 9.17) is 13.9 Å². The van der Waals surface area contributed by atoms with Crippen LogP contribution in [0.15, 0.2) is 12.7 Å². The van der Waals surface area contributed by atoms with Gasteiger partial charge in [0.15, 0.2) is 19.5 Å². The van der Waals surface area contributed by atoms with E-state index in [1.807, 2.05) is 4.57 Å². The van der Waals surface area contributed by atoms with Gasteiger partial charge >= 0.3 is 0 Å². The first-order valence-electron chi connectivity index (χ1n) is 10.2. The molecule has 3 heterocycles. The Kier molecular flexibility index (Phi) is 4.79. The highest BCUT2D eigenvalue weighted by Gasteiger charge is 2.53. The SMILES string of the molecule is COc1ncnc2c1ncn2[C@H]1CC[C@]2(CCC[C@H]2O[Si](C)(C)C(C)(C)C)O1. The van der Waals surface area contributed by atoms with Crippen LogP contribution in [-0.2, 0) is 9.16 Å². The minimum atomic E-state index is -1.84. The Morgan fingerprint density at radius 3 is 2.68 bits per heavy atom. The highest BCUT2D eigenvalue weighted by atomic mass is 28.4. The highest BCUT2D eigenvalue weighted by Crippen LogP contribution is 2.50. The fourth-order valence-electron chi connectivity index (χ4n) is 4.27. The zero-order valence-corrected chi connectivity index (χ0v) is 18.9. The Bertz CT molecular complexity index is 863. The Morgan fingerprint density at radius 2 is 1.96 bits per heavy atom. The van der Waals surface area contributed by atoms with Crippen molar-refractivity contribution in [2.45, 2.75) is 88.9 Å². The van der Waals surface area contributed by atoms with Gasteiger partial charge in [-0.15, -0.1) is 0 Å². The molecular formula is C20H32N4O3Si. The molecule has 154 valence electrons. The van der Waals surface area contributed by atoms with E-state index in [1.54, 1.807) is 13.4 Å². The first kappa shape index (κ1) is 19.8. The fraction of sp³-hybridized carbons (Fsp3) is 0.750. The van der Waals surface area contributed by atoms with Gasteiger partial charge in [0, 0.05) is 0 Å². The molecule has 1 saturated carbocycles. The fourth-order valence-corrected chi connectivity index (χ4v) is 5.67. The molecule has 1 aliphatic heterocycles. The topological polar surface area (TPSA) is 71.3 Å². The summed E-state index contributed by atoms with van der Waals surface area (Å²) in [4.78, 5) is 13.0. The second kappa shape index (κ2) is 6.78. The van der Waals surface area contributed by atoms with Crippen LogP contribution in [0.25, 0.3) is 11.2 Å². The maximum Gasteiger partial charge on any atom is 0.245 e. The Balaban J connectivity index is 1.58. The first-order chi connectivity index (χ1) is 13.2. The standard InChI is InChI=1S/C20H32N4O3Si/c1-19(2,3)28(5,6)27-14-8-7-10-20(14)11-9-15(26-20)24-13-23-16-17(24)21-12-22-18(16)25-4/h12-15H,7-11H2,1-6H3/t14-,15-,20+/m1/s1. The molecule has 7 nitrogen and oxygen atoms in total. The summed E-state index contributed by atoms with van der Waals surface area (Å²) in [5.74, 6) is 0.497. The first-order valence-corrected chi connectivity index (χ1v) is 13.1. The third-order valence-electron chi connectivity index (χ3n) is 6.91. The van der Waals surface area contributed by atoms with Crippen LogP contribution in [0.2, 0.25) is 18.1 Å². The molecule has 0 unspecified atom stereocenters. The Morgan fingerprint density at radius 1 is 1.18 bits per heavy atom. The Hall–Kier alpha value is -1.51. The number of methoxy groups -OCH3 is 1.